The van der Waals surface area contributed by atoms with Gasteiger partial charge in [0.1, 0.15) is 11.2 Å². The number of hydrogen-bond donors (Lipinski definition) is 0. The Kier molecular flexibility index (Phi) is 6.95. The summed E-state index contributed by atoms with van der Waals surface area (Å²) < 4.78 is 8.73. The van der Waals surface area contributed by atoms with Crippen LogP contribution in [0.25, 0.3) is 127 Å². The van der Waals surface area contributed by atoms with Gasteiger partial charge in [-0.3, -0.25) is 4.57 Å². The molecule has 0 atom stereocenters. The highest BCUT2D eigenvalue weighted by Crippen LogP contribution is 2.41. The average Bonchev–Trinajstić information content (AvgIpc) is 3.86. The minimum atomic E-state index is 0.552. The first-order valence-corrected chi connectivity index (χ1v) is 20.3. The van der Waals surface area contributed by atoms with E-state index in [-0.39, 0.29) is 0 Å². The predicted molar refractivity (Wildman–Crippen MR) is 248 cm³/mol. The first-order chi connectivity index (χ1) is 29.7. The van der Waals surface area contributed by atoms with Gasteiger partial charge in [0.05, 0.1) is 11.0 Å². The summed E-state index contributed by atoms with van der Waals surface area (Å²) in [5.41, 5.74) is 7.79. The number of benzene rings is 10. The van der Waals surface area contributed by atoms with Crippen LogP contribution in [0.5, 0.6) is 0 Å². The van der Waals surface area contributed by atoms with E-state index >= 15 is 0 Å². The Morgan fingerprint density at radius 1 is 0.333 bits per heavy atom. The number of furan rings is 1. The summed E-state index contributed by atoms with van der Waals surface area (Å²) in [6, 6.07) is 68.6. The fraction of sp³-hybridized carbons (Fsp3) is 0. The third-order valence-electron chi connectivity index (χ3n) is 12.2. The molecule has 0 aliphatic carbocycles. The van der Waals surface area contributed by atoms with Gasteiger partial charge in [-0.1, -0.05) is 158 Å². The minimum Gasteiger partial charge on any atom is -0.456 e. The highest BCUT2D eigenvalue weighted by molar-refractivity contribution is 6.21. The summed E-state index contributed by atoms with van der Waals surface area (Å²) in [6.07, 6.45) is 0. The molecule has 13 rings (SSSR count). The molecular formula is C55H32N4O. The second-order valence-electron chi connectivity index (χ2n) is 15.6. The zero-order chi connectivity index (χ0) is 39.3. The van der Waals surface area contributed by atoms with E-state index in [1.54, 1.807) is 0 Å². The van der Waals surface area contributed by atoms with Crippen LogP contribution in [-0.2, 0) is 0 Å². The number of aromatic nitrogens is 4. The van der Waals surface area contributed by atoms with Crippen molar-refractivity contribution in [3.63, 3.8) is 0 Å². The Balaban J connectivity index is 1.06. The second kappa shape index (κ2) is 12.7. The molecule has 3 aromatic heterocycles. The van der Waals surface area contributed by atoms with E-state index in [1.165, 1.54) is 43.3 Å². The molecule has 0 bridgehead atoms. The van der Waals surface area contributed by atoms with Crippen LogP contribution in [0.1, 0.15) is 0 Å². The van der Waals surface area contributed by atoms with Crippen LogP contribution in [-0.4, -0.2) is 19.5 Å². The van der Waals surface area contributed by atoms with Crippen molar-refractivity contribution in [1.29, 1.82) is 0 Å². The molecule has 10 aromatic carbocycles. The Hall–Kier alpha value is -8.15. The van der Waals surface area contributed by atoms with Crippen LogP contribution in [0.4, 0.5) is 0 Å². The summed E-state index contributed by atoms with van der Waals surface area (Å²) in [6.45, 7) is 0. The highest BCUT2D eigenvalue weighted by Gasteiger charge is 2.22. The SMILES string of the molecule is c1ccc2cc3c(cc2c1)oc1cccc(-c2nc(-c4ccc(-c5cc6ccccc6c6ccccc56)cc4)nc(-n4c5ccccc5c5c6ccccc6ccc54)n2)c13. The molecule has 0 aliphatic heterocycles. The molecule has 278 valence electrons. The standard InChI is InChI=1S/C55H32N4O/c1-2-14-37-32-50-46(30-36(37)13-1)52-44(21-11-23-49(52)60-50)54-56-53(35-26-24-34(25-27-35)45-31-38-15-4-5-16-39(38)41-18-7-8-19-42(41)45)57-55(58-54)59-47-22-10-9-20-43(47)51-40-17-6-3-12-33(40)28-29-48(51)59/h1-32H. The second-order valence-corrected chi connectivity index (χ2v) is 15.6. The predicted octanol–water partition coefficient (Wildman–Crippen LogP) is 14.5. The Morgan fingerprint density at radius 3 is 1.82 bits per heavy atom. The van der Waals surface area contributed by atoms with Gasteiger partial charge in [-0.25, -0.2) is 4.98 Å². The fourth-order valence-corrected chi connectivity index (χ4v) is 9.46. The van der Waals surface area contributed by atoms with E-state index in [1.807, 2.05) is 12.1 Å². The van der Waals surface area contributed by atoms with E-state index in [0.29, 0.717) is 17.6 Å². The first-order valence-electron chi connectivity index (χ1n) is 20.3. The minimum absolute atomic E-state index is 0.552. The van der Waals surface area contributed by atoms with E-state index < -0.39 is 0 Å². The van der Waals surface area contributed by atoms with Crippen molar-refractivity contribution in [1.82, 2.24) is 19.5 Å². The maximum Gasteiger partial charge on any atom is 0.238 e. The van der Waals surface area contributed by atoms with Gasteiger partial charge in [0.25, 0.3) is 0 Å². The smallest absolute Gasteiger partial charge is 0.238 e. The van der Waals surface area contributed by atoms with Crippen molar-refractivity contribution in [3.05, 3.63) is 194 Å². The molecule has 0 aliphatic rings. The lowest BCUT2D eigenvalue weighted by atomic mass is 9.93. The zero-order valence-corrected chi connectivity index (χ0v) is 32.2. The van der Waals surface area contributed by atoms with Gasteiger partial charge in [-0.05, 0) is 90.6 Å². The van der Waals surface area contributed by atoms with E-state index in [9.17, 15) is 0 Å². The molecule has 5 nitrogen and oxygen atoms in total. The molecule has 5 heteroatoms. The van der Waals surface area contributed by atoms with Crippen molar-refractivity contribution in [3.8, 4) is 39.9 Å². The number of para-hydroxylation sites is 1. The molecule has 0 radical (unpaired) electrons. The van der Waals surface area contributed by atoms with E-state index in [2.05, 4.69) is 187 Å². The van der Waals surface area contributed by atoms with Crippen molar-refractivity contribution in [2.75, 3.05) is 0 Å². The molecule has 0 fully saturated rings. The quantitative estimate of drug-likeness (QED) is 0.167. The number of hydrogen-bond acceptors (Lipinski definition) is 4. The Bertz CT molecular complexity index is 3900. The fourth-order valence-electron chi connectivity index (χ4n) is 9.46. The summed E-state index contributed by atoms with van der Waals surface area (Å²) in [7, 11) is 0. The van der Waals surface area contributed by atoms with E-state index in [0.717, 1.165) is 65.8 Å². The molecule has 0 N–H and O–H groups in total. The summed E-state index contributed by atoms with van der Waals surface area (Å²) in [5.74, 6) is 1.72. The molecular weight excluding hydrogens is 733 g/mol. The largest absolute Gasteiger partial charge is 0.456 e. The third kappa shape index (κ3) is 4.90. The molecule has 60 heavy (non-hydrogen) atoms. The lowest BCUT2D eigenvalue weighted by Crippen LogP contribution is -2.06. The van der Waals surface area contributed by atoms with Crippen LogP contribution in [0.3, 0.4) is 0 Å². The maximum atomic E-state index is 6.53. The summed E-state index contributed by atoms with van der Waals surface area (Å²) in [4.78, 5) is 16.0. The van der Waals surface area contributed by atoms with Crippen LogP contribution >= 0.6 is 0 Å². The maximum absolute atomic E-state index is 6.53. The summed E-state index contributed by atoms with van der Waals surface area (Å²) >= 11 is 0. The van der Waals surface area contributed by atoms with Gasteiger partial charge in [0, 0.05) is 32.7 Å². The molecule has 0 spiro atoms. The monoisotopic (exact) mass is 764 g/mol. The van der Waals surface area contributed by atoms with Gasteiger partial charge in [0.2, 0.25) is 5.95 Å². The zero-order valence-electron chi connectivity index (χ0n) is 32.2. The number of rotatable bonds is 4. The molecule has 0 unspecified atom stereocenters. The number of nitrogens with zero attached hydrogens (tertiary/aromatic N) is 4. The highest BCUT2D eigenvalue weighted by atomic mass is 16.3. The van der Waals surface area contributed by atoms with Gasteiger partial charge < -0.3 is 4.42 Å². The van der Waals surface area contributed by atoms with Crippen molar-refractivity contribution >= 4 is 86.8 Å². The van der Waals surface area contributed by atoms with Crippen LogP contribution in [0.15, 0.2) is 199 Å². The Labute approximate surface area is 343 Å². The first kappa shape index (κ1) is 32.9. The molecule has 0 saturated heterocycles. The number of fused-ring (bicyclic) bond motifs is 12. The van der Waals surface area contributed by atoms with Crippen molar-refractivity contribution < 1.29 is 4.42 Å². The third-order valence-corrected chi connectivity index (χ3v) is 12.2. The summed E-state index contributed by atoms with van der Waals surface area (Å²) in [5, 5.41) is 13.9. The topological polar surface area (TPSA) is 56.7 Å². The molecule has 0 saturated carbocycles. The normalized spacial score (nSPS) is 12.0. The van der Waals surface area contributed by atoms with Gasteiger partial charge in [-0.15, -0.1) is 0 Å². The lowest BCUT2D eigenvalue weighted by Gasteiger charge is -2.13. The van der Waals surface area contributed by atoms with Crippen LogP contribution < -0.4 is 0 Å². The van der Waals surface area contributed by atoms with Gasteiger partial charge in [-0.2, -0.15) is 9.97 Å². The Morgan fingerprint density at radius 2 is 0.983 bits per heavy atom. The van der Waals surface area contributed by atoms with Crippen molar-refractivity contribution in [2.24, 2.45) is 0 Å². The molecule has 0 amide bonds. The molecule has 13 aromatic rings. The van der Waals surface area contributed by atoms with Crippen LogP contribution in [0, 0.1) is 0 Å². The average molecular weight is 765 g/mol. The van der Waals surface area contributed by atoms with E-state index in [4.69, 9.17) is 19.4 Å². The van der Waals surface area contributed by atoms with Gasteiger partial charge in [0.15, 0.2) is 11.6 Å². The lowest BCUT2D eigenvalue weighted by molar-refractivity contribution is 0.669. The van der Waals surface area contributed by atoms with Gasteiger partial charge >= 0.3 is 0 Å². The van der Waals surface area contributed by atoms with Crippen LogP contribution in [0.2, 0.25) is 0 Å². The van der Waals surface area contributed by atoms with Crippen molar-refractivity contribution in [2.45, 2.75) is 0 Å². The molecule has 3 heterocycles.